The van der Waals surface area contributed by atoms with Gasteiger partial charge in [-0.2, -0.15) is 0 Å². The van der Waals surface area contributed by atoms with Gasteiger partial charge < -0.3 is 9.84 Å². The number of rotatable bonds is 5. The van der Waals surface area contributed by atoms with Crippen molar-refractivity contribution in [2.75, 3.05) is 6.61 Å². The zero-order valence-corrected chi connectivity index (χ0v) is 12.5. The lowest BCUT2D eigenvalue weighted by Crippen LogP contribution is -2.21. The maximum Gasteiger partial charge on any atom is 0.125 e. The lowest BCUT2D eigenvalue weighted by molar-refractivity contribution is 0.0440. The van der Waals surface area contributed by atoms with E-state index in [-0.39, 0.29) is 5.41 Å². The number of benzene rings is 1. The van der Waals surface area contributed by atoms with Crippen LogP contribution in [0.1, 0.15) is 45.8 Å². The normalized spacial score (nSPS) is 13.5. The van der Waals surface area contributed by atoms with Gasteiger partial charge in [0.2, 0.25) is 0 Å². The number of hydrogen-bond acceptors (Lipinski definition) is 2. The Labute approximate surface area is 112 Å². The minimum Gasteiger partial charge on any atom is -0.493 e. The molecule has 0 fully saturated rings. The van der Waals surface area contributed by atoms with Crippen LogP contribution in [0.4, 0.5) is 0 Å². The fraction of sp³-hybridized carbons (Fsp3) is 0.571. The molecule has 96 valence electrons. The molecule has 1 aromatic rings. The molecular formula is C14H21BrO2. The maximum atomic E-state index is 10.5. The standard InChI is InChI=1S/C14H21BrO2/c1-5-14(3,4)13(16)11-9-10(15)7-8-12(11)17-6-2/h7-9,13,16H,5-6H2,1-4H3. The first-order valence-electron chi connectivity index (χ1n) is 6.02. The Bertz CT molecular complexity index is 374. The molecule has 1 atom stereocenters. The van der Waals surface area contributed by atoms with Crippen LogP contribution in [0.25, 0.3) is 0 Å². The van der Waals surface area contributed by atoms with E-state index in [1.807, 2.05) is 25.1 Å². The number of hydrogen-bond donors (Lipinski definition) is 1. The lowest BCUT2D eigenvalue weighted by atomic mass is 9.80. The predicted molar refractivity (Wildman–Crippen MR) is 74.3 cm³/mol. The molecule has 0 saturated heterocycles. The van der Waals surface area contributed by atoms with Crippen LogP contribution in [0.5, 0.6) is 5.75 Å². The highest BCUT2D eigenvalue weighted by Crippen LogP contribution is 2.40. The molecular weight excluding hydrogens is 280 g/mol. The summed E-state index contributed by atoms with van der Waals surface area (Å²) in [5, 5.41) is 10.5. The first kappa shape index (κ1) is 14.5. The highest BCUT2D eigenvalue weighted by atomic mass is 79.9. The molecule has 0 amide bonds. The van der Waals surface area contributed by atoms with Gasteiger partial charge in [0.1, 0.15) is 5.75 Å². The van der Waals surface area contributed by atoms with E-state index in [0.29, 0.717) is 6.61 Å². The van der Waals surface area contributed by atoms with Crippen LogP contribution in [-0.4, -0.2) is 11.7 Å². The van der Waals surface area contributed by atoms with Crippen molar-refractivity contribution in [3.63, 3.8) is 0 Å². The smallest absolute Gasteiger partial charge is 0.125 e. The molecule has 1 rings (SSSR count). The van der Waals surface area contributed by atoms with Gasteiger partial charge in [-0.05, 0) is 37.0 Å². The first-order chi connectivity index (χ1) is 7.92. The molecule has 0 radical (unpaired) electrons. The van der Waals surface area contributed by atoms with Crippen LogP contribution in [-0.2, 0) is 0 Å². The van der Waals surface area contributed by atoms with Crippen molar-refractivity contribution in [2.45, 2.75) is 40.2 Å². The highest BCUT2D eigenvalue weighted by molar-refractivity contribution is 9.10. The summed E-state index contributed by atoms with van der Waals surface area (Å²) in [4.78, 5) is 0. The number of halogens is 1. The zero-order chi connectivity index (χ0) is 13.1. The summed E-state index contributed by atoms with van der Waals surface area (Å²) in [6.07, 6.45) is 0.387. The Morgan fingerprint density at radius 2 is 2.00 bits per heavy atom. The van der Waals surface area contributed by atoms with Crippen LogP contribution < -0.4 is 4.74 Å². The number of ether oxygens (including phenoxy) is 1. The molecule has 0 aliphatic carbocycles. The van der Waals surface area contributed by atoms with E-state index in [2.05, 4.69) is 36.7 Å². The van der Waals surface area contributed by atoms with Crippen LogP contribution in [0.2, 0.25) is 0 Å². The van der Waals surface area contributed by atoms with Crippen molar-refractivity contribution < 1.29 is 9.84 Å². The van der Waals surface area contributed by atoms with Crippen molar-refractivity contribution in [2.24, 2.45) is 5.41 Å². The lowest BCUT2D eigenvalue weighted by Gasteiger charge is -2.30. The van der Waals surface area contributed by atoms with Crippen molar-refractivity contribution >= 4 is 15.9 Å². The molecule has 2 nitrogen and oxygen atoms in total. The van der Waals surface area contributed by atoms with E-state index < -0.39 is 6.10 Å². The summed E-state index contributed by atoms with van der Waals surface area (Å²) in [5.41, 5.74) is 0.695. The minimum atomic E-state index is -0.522. The molecule has 0 saturated carbocycles. The average Bonchev–Trinajstić information content (AvgIpc) is 2.30. The van der Waals surface area contributed by atoms with Crippen LogP contribution in [0.15, 0.2) is 22.7 Å². The fourth-order valence-electron chi connectivity index (χ4n) is 1.63. The predicted octanol–water partition coefficient (Wildman–Crippen LogP) is 4.32. The van der Waals surface area contributed by atoms with Gasteiger partial charge in [0.05, 0.1) is 12.7 Å². The molecule has 0 spiro atoms. The zero-order valence-electron chi connectivity index (χ0n) is 11.0. The molecule has 0 aliphatic rings. The fourth-order valence-corrected chi connectivity index (χ4v) is 2.01. The van der Waals surface area contributed by atoms with E-state index in [4.69, 9.17) is 4.74 Å². The summed E-state index contributed by atoms with van der Waals surface area (Å²) in [5.74, 6) is 0.768. The first-order valence-corrected chi connectivity index (χ1v) is 6.82. The summed E-state index contributed by atoms with van der Waals surface area (Å²) < 4.78 is 6.53. The Morgan fingerprint density at radius 3 is 2.53 bits per heavy atom. The summed E-state index contributed by atoms with van der Waals surface area (Å²) >= 11 is 3.44. The van der Waals surface area contributed by atoms with E-state index in [0.717, 1.165) is 22.2 Å². The molecule has 0 bridgehead atoms. The van der Waals surface area contributed by atoms with Gasteiger partial charge in [0.25, 0.3) is 0 Å². The maximum absolute atomic E-state index is 10.5. The van der Waals surface area contributed by atoms with Gasteiger partial charge in [0.15, 0.2) is 0 Å². The molecule has 3 heteroatoms. The van der Waals surface area contributed by atoms with Gasteiger partial charge in [-0.1, -0.05) is 36.7 Å². The van der Waals surface area contributed by atoms with Gasteiger partial charge >= 0.3 is 0 Å². The van der Waals surface area contributed by atoms with Gasteiger partial charge in [-0.15, -0.1) is 0 Å². The SMILES string of the molecule is CCOc1ccc(Br)cc1C(O)C(C)(C)CC. The molecule has 0 aliphatic heterocycles. The Kier molecular flexibility index (Phi) is 5.02. The molecule has 0 aromatic heterocycles. The van der Waals surface area contributed by atoms with E-state index in [1.165, 1.54) is 0 Å². The summed E-state index contributed by atoms with van der Waals surface area (Å²) in [6, 6.07) is 5.77. The van der Waals surface area contributed by atoms with Crippen molar-refractivity contribution in [3.8, 4) is 5.75 Å². The topological polar surface area (TPSA) is 29.5 Å². The molecule has 1 unspecified atom stereocenters. The Balaban J connectivity index is 3.14. The Morgan fingerprint density at radius 1 is 1.35 bits per heavy atom. The number of aliphatic hydroxyl groups is 1. The minimum absolute atomic E-state index is 0.160. The van der Waals surface area contributed by atoms with Crippen LogP contribution in [0.3, 0.4) is 0 Å². The van der Waals surface area contributed by atoms with Gasteiger partial charge in [-0.25, -0.2) is 0 Å². The third-order valence-electron chi connectivity index (χ3n) is 3.22. The summed E-state index contributed by atoms with van der Waals surface area (Å²) in [7, 11) is 0. The average molecular weight is 301 g/mol. The van der Waals surface area contributed by atoms with E-state index in [1.54, 1.807) is 0 Å². The molecule has 1 aromatic carbocycles. The molecule has 1 N–H and O–H groups in total. The van der Waals surface area contributed by atoms with E-state index >= 15 is 0 Å². The summed E-state index contributed by atoms with van der Waals surface area (Å²) in [6.45, 7) is 8.77. The van der Waals surface area contributed by atoms with Crippen LogP contribution in [0, 0.1) is 5.41 Å². The third kappa shape index (κ3) is 3.46. The largest absolute Gasteiger partial charge is 0.493 e. The monoisotopic (exact) mass is 300 g/mol. The van der Waals surface area contributed by atoms with Crippen molar-refractivity contribution in [1.82, 2.24) is 0 Å². The van der Waals surface area contributed by atoms with Crippen molar-refractivity contribution in [1.29, 1.82) is 0 Å². The molecule has 0 heterocycles. The molecule has 17 heavy (non-hydrogen) atoms. The second-order valence-corrected chi connectivity index (χ2v) is 5.78. The second-order valence-electron chi connectivity index (χ2n) is 4.86. The number of aliphatic hydroxyl groups excluding tert-OH is 1. The van der Waals surface area contributed by atoms with Gasteiger partial charge in [0, 0.05) is 10.0 Å². The second kappa shape index (κ2) is 5.87. The quantitative estimate of drug-likeness (QED) is 0.877. The van der Waals surface area contributed by atoms with Crippen LogP contribution >= 0.6 is 15.9 Å². The Hall–Kier alpha value is -0.540. The van der Waals surface area contributed by atoms with E-state index in [9.17, 15) is 5.11 Å². The van der Waals surface area contributed by atoms with Crippen molar-refractivity contribution in [3.05, 3.63) is 28.2 Å². The van der Waals surface area contributed by atoms with Gasteiger partial charge in [-0.3, -0.25) is 0 Å². The highest BCUT2D eigenvalue weighted by Gasteiger charge is 2.29. The third-order valence-corrected chi connectivity index (χ3v) is 3.71.